The molecule has 0 fully saturated rings. The molecular weight excluding hydrogens is 292 g/mol. The number of benzene rings is 1. The Balaban J connectivity index is 2.17. The van der Waals surface area contributed by atoms with E-state index >= 15 is 0 Å². The fraction of sp³-hybridized carbons (Fsp3) is 0.389. The molecule has 0 spiro atoms. The Morgan fingerprint density at radius 2 is 1.87 bits per heavy atom. The van der Waals surface area contributed by atoms with E-state index in [1.54, 1.807) is 20.4 Å². The van der Waals surface area contributed by atoms with Gasteiger partial charge in [0.2, 0.25) is 0 Å². The maximum Gasteiger partial charge on any atom is 0.127 e. The highest BCUT2D eigenvalue weighted by Gasteiger charge is 2.12. The molecule has 0 aliphatic carbocycles. The zero-order valence-corrected chi connectivity index (χ0v) is 14.0. The van der Waals surface area contributed by atoms with E-state index in [-0.39, 0.29) is 6.61 Å². The average Bonchev–Trinajstić information content (AvgIpc) is 2.57. The van der Waals surface area contributed by atoms with Crippen molar-refractivity contribution in [3.05, 3.63) is 53.3 Å². The summed E-state index contributed by atoms with van der Waals surface area (Å²) >= 11 is 0. The van der Waals surface area contributed by atoms with Crippen LogP contribution in [0.15, 0.2) is 36.5 Å². The van der Waals surface area contributed by atoms with Crippen LogP contribution in [-0.2, 0) is 13.1 Å². The van der Waals surface area contributed by atoms with E-state index in [4.69, 9.17) is 9.47 Å². The fourth-order valence-electron chi connectivity index (χ4n) is 2.50. The van der Waals surface area contributed by atoms with E-state index in [9.17, 15) is 5.11 Å². The highest BCUT2D eigenvalue weighted by Crippen LogP contribution is 2.26. The summed E-state index contributed by atoms with van der Waals surface area (Å²) in [6, 6.07) is 9.80. The number of aryl methyl sites for hydroxylation is 1. The second kappa shape index (κ2) is 8.50. The molecule has 1 aromatic heterocycles. The molecule has 1 N–H and O–H groups in total. The molecule has 0 aliphatic heterocycles. The van der Waals surface area contributed by atoms with Crippen LogP contribution in [0.2, 0.25) is 0 Å². The zero-order chi connectivity index (χ0) is 16.7. The van der Waals surface area contributed by atoms with Gasteiger partial charge in [0.25, 0.3) is 0 Å². The summed E-state index contributed by atoms with van der Waals surface area (Å²) in [4.78, 5) is 6.50. The molecule has 5 heteroatoms. The van der Waals surface area contributed by atoms with Gasteiger partial charge in [-0.2, -0.15) is 0 Å². The third-order valence-electron chi connectivity index (χ3n) is 3.81. The number of hydrogen-bond donors (Lipinski definition) is 1. The van der Waals surface area contributed by atoms with Crippen LogP contribution in [0.1, 0.15) is 16.8 Å². The number of rotatable bonds is 8. The van der Waals surface area contributed by atoms with Gasteiger partial charge in [0.15, 0.2) is 0 Å². The van der Waals surface area contributed by atoms with Gasteiger partial charge >= 0.3 is 0 Å². The number of aliphatic hydroxyl groups is 1. The number of aliphatic hydroxyl groups excluding tert-OH is 1. The number of ether oxygens (including phenoxy) is 2. The first-order valence-electron chi connectivity index (χ1n) is 7.62. The topological polar surface area (TPSA) is 54.8 Å². The molecule has 0 atom stereocenters. The summed E-state index contributed by atoms with van der Waals surface area (Å²) in [5.41, 5.74) is 3.23. The van der Waals surface area contributed by atoms with Gasteiger partial charge in [0, 0.05) is 43.2 Å². The molecule has 0 unspecified atom stereocenters. The molecule has 1 heterocycles. The van der Waals surface area contributed by atoms with E-state index in [1.165, 1.54) is 0 Å². The average molecular weight is 316 g/mol. The van der Waals surface area contributed by atoms with Crippen LogP contribution < -0.4 is 9.47 Å². The molecule has 0 radical (unpaired) electrons. The van der Waals surface area contributed by atoms with E-state index in [0.717, 1.165) is 34.9 Å². The Bertz CT molecular complexity index is 631. The van der Waals surface area contributed by atoms with E-state index in [0.29, 0.717) is 13.1 Å². The highest BCUT2D eigenvalue weighted by molar-refractivity contribution is 5.40. The van der Waals surface area contributed by atoms with Gasteiger partial charge in [-0.05, 0) is 24.6 Å². The Labute approximate surface area is 137 Å². The molecule has 0 saturated carbocycles. The minimum atomic E-state index is 0.109. The molecule has 23 heavy (non-hydrogen) atoms. The number of methoxy groups -OCH3 is 2. The van der Waals surface area contributed by atoms with Crippen LogP contribution in [0.3, 0.4) is 0 Å². The van der Waals surface area contributed by atoms with E-state index in [1.807, 2.05) is 31.2 Å². The van der Waals surface area contributed by atoms with Crippen molar-refractivity contribution in [1.29, 1.82) is 0 Å². The molecule has 0 saturated heterocycles. The lowest BCUT2D eigenvalue weighted by molar-refractivity contribution is 0.182. The zero-order valence-electron chi connectivity index (χ0n) is 14.0. The first-order chi connectivity index (χ1) is 11.2. The van der Waals surface area contributed by atoms with Gasteiger partial charge in [-0.25, -0.2) is 0 Å². The van der Waals surface area contributed by atoms with Crippen molar-refractivity contribution in [3.63, 3.8) is 0 Å². The molecule has 0 aliphatic rings. The van der Waals surface area contributed by atoms with Crippen LogP contribution in [0.25, 0.3) is 0 Å². The monoisotopic (exact) mass is 316 g/mol. The van der Waals surface area contributed by atoms with Gasteiger partial charge in [-0.3, -0.25) is 9.88 Å². The van der Waals surface area contributed by atoms with Crippen molar-refractivity contribution in [3.8, 4) is 11.5 Å². The second-order valence-corrected chi connectivity index (χ2v) is 5.36. The van der Waals surface area contributed by atoms with Crippen LogP contribution in [0.5, 0.6) is 11.5 Å². The normalized spacial score (nSPS) is 10.8. The lowest BCUT2D eigenvalue weighted by Gasteiger charge is -2.23. The number of nitrogens with zero attached hydrogens (tertiary/aromatic N) is 2. The molecular formula is C18H24N2O3. The van der Waals surface area contributed by atoms with Gasteiger partial charge in [-0.15, -0.1) is 0 Å². The van der Waals surface area contributed by atoms with Gasteiger partial charge in [-0.1, -0.05) is 12.1 Å². The summed E-state index contributed by atoms with van der Waals surface area (Å²) in [6.07, 6.45) is 1.79. The fourth-order valence-corrected chi connectivity index (χ4v) is 2.50. The maximum atomic E-state index is 9.36. The summed E-state index contributed by atoms with van der Waals surface area (Å²) in [7, 11) is 3.29. The first-order valence-corrected chi connectivity index (χ1v) is 7.62. The van der Waals surface area contributed by atoms with Crippen molar-refractivity contribution >= 4 is 0 Å². The minimum Gasteiger partial charge on any atom is -0.497 e. The largest absolute Gasteiger partial charge is 0.497 e. The van der Waals surface area contributed by atoms with Crippen LogP contribution >= 0.6 is 0 Å². The van der Waals surface area contributed by atoms with Gasteiger partial charge in [0.1, 0.15) is 11.5 Å². The number of aromatic nitrogens is 1. The molecule has 5 nitrogen and oxygen atoms in total. The Kier molecular flexibility index (Phi) is 6.38. The molecule has 0 amide bonds. The third-order valence-corrected chi connectivity index (χ3v) is 3.81. The minimum absolute atomic E-state index is 0.109. The quantitative estimate of drug-likeness (QED) is 0.810. The summed E-state index contributed by atoms with van der Waals surface area (Å²) in [6.45, 7) is 4.11. The van der Waals surface area contributed by atoms with E-state index in [2.05, 4.69) is 16.0 Å². The Morgan fingerprint density at radius 1 is 1.09 bits per heavy atom. The molecule has 0 bridgehead atoms. The molecule has 2 rings (SSSR count). The van der Waals surface area contributed by atoms with Gasteiger partial charge in [0.05, 0.1) is 20.8 Å². The molecule has 124 valence electrons. The smallest absolute Gasteiger partial charge is 0.127 e. The van der Waals surface area contributed by atoms with Crippen LogP contribution in [0.4, 0.5) is 0 Å². The van der Waals surface area contributed by atoms with Crippen molar-refractivity contribution in [2.45, 2.75) is 20.0 Å². The van der Waals surface area contributed by atoms with Crippen LogP contribution in [0, 0.1) is 6.92 Å². The Morgan fingerprint density at radius 3 is 2.52 bits per heavy atom. The number of hydrogen-bond acceptors (Lipinski definition) is 5. The van der Waals surface area contributed by atoms with Crippen molar-refractivity contribution in [2.24, 2.45) is 0 Å². The maximum absolute atomic E-state index is 9.36. The SMILES string of the molecule is COc1ccc(CN(CCO)Cc2cccnc2C)c(OC)c1. The van der Waals surface area contributed by atoms with E-state index < -0.39 is 0 Å². The summed E-state index contributed by atoms with van der Waals surface area (Å²) < 4.78 is 10.7. The summed E-state index contributed by atoms with van der Waals surface area (Å²) in [5.74, 6) is 1.55. The third kappa shape index (κ3) is 4.68. The molecule has 1 aromatic carbocycles. The van der Waals surface area contributed by atoms with Crippen LogP contribution in [-0.4, -0.2) is 42.4 Å². The standard InChI is InChI=1S/C18H24N2O3/c1-14-15(5-4-8-19-14)12-20(9-10-21)13-16-6-7-17(22-2)11-18(16)23-3/h4-8,11,21H,9-10,12-13H2,1-3H3. The van der Waals surface area contributed by atoms with Crippen molar-refractivity contribution in [2.75, 3.05) is 27.4 Å². The Hall–Kier alpha value is -2.11. The lowest BCUT2D eigenvalue weighted by Crippen LogP contribution is -2.26. The van der Waals surface area contributed by atoms with Gasteiger partial charge < -0.3 is 14.6 Å². The predicted octanol–water partition coefficient (Wildman–Crippen LogP) is 2.40. The summed E-state index contributed by atoms with van der Waals surface area (Å²) in [5, 5.41) is 9.36. The number of pyridine rings is 1. The second-order valence-electron chi connectivity index (χ2n) is 5.36. The highest BCUT2D eigenvalue weighted by atomic mass is 16.5. The molecule has 2 aromatic rings. The predicted molar refractivity (Wildman–Crippen MR) is 89.7 cm³/mol. The van der Waals surface area contributed by atoms with Crippen molar-refractivity contribution in [1.82, 2.24) is 9.88 Å². The van der Waals surface area contributed by atoms with Crippen molar-refractivity contribution < 1.29 is 14.6 Å². The first kappa shape index (κ1) is 17.2. The lowest BCUT2D eigenvalue weighted by atomic mass is 10.1.